The fourth-order valence-electron chi connectivity index (χ4n) is 7.09. The Morgan fingerprint density at radius 1 is 0.719 bits per heavy atom. The molecule has 2 aliphatic carbocycles. The van der Waals surface area contributed by atoms with Gasteiger partial charge in [-0.15, -0.1) is 0 Å². The van der Waals surface area contributed by atoms with Gasteiger partial charge in [0, 0.05) is 23.8 Å². The number of benzene rings is 4. The first-order valence-electron chi connectivity index (χ1n) is 19.3. The van der Waals surface area contributed by atoms with Crippen molar-refractivity contribution in [3.05, 3.63) is 119 Å². The predicted molar refractivity (Wildman–Crippen MR) is 216 cm³/mol. The molecule has 300 valence electrons. The topological polar surface area (TPSA) is 157 Å². The van der Waals surface area contributed by atoms with Gasteiger partial charge in [0.05, 0.1) is 48.5 Å². The molecule has 4 aromatic rings. The third kappa shape index (κ3) is 10.5. The van der Waals surface area contributed by atoms with Crippen molar-refractivity contribution in [2.75, 3.05) is 38.0 Å². The van der Waals surface area contributed by atoms with Crippen LogP contribution in [0.25, 0.3) is 0 Å². The standard InChI is InChI=1S/C44H49N3O9S/c1-4-47(36-22-18-33(19-23-36)44(51)55-3)57(52,53)38-7-5-6-34(26-38)41(48)46-40-25-24-37(56-28-31-10-11-31)27-39(40)42(49)45-35-20-14-30(15-21-35)9-8-29-12-16-32(17-13-29)43(50)54-2/h5-7,12-17,20-21,24-27,31,33,36H,4,8-11,18-19,22-23,28H2,1-3H3,(H,45,49)(H,46,48)/t33-,36-. The Bertz CT molecular complexity index is 2180. The average molecular weight is 796 g/mol. The van der Waals surface area contributed by atoms with Crippen LogP contribution in [0.5, 0.6) is 5.75 Å². The van der Waals surface area contributed by atoms with Gasteiger partial charge in [0.15, 0.2) is 0 Å². The molecule has 0 spiro atoms. The van der Waals surface area contributed by atoms with Crippen LogP contribution in [0.4, 0.5) is 11.4 Å². The first-order valence-corrected chi connectivity index (χ1v) is 20.8. The number of aryl methyl sites for hydroxylation is 2. The molecule has 0 heterocycles. The van der Waals surface area contributed by atoms with E-state index in [1.54, 1.807) is 37.3 Å². The molecule has 0 atom stereocenters. The number of nitrogens with one attached hydrogen (secondary N) is 2. The molecule has 6 rings (SSSR count). The molecule has 2 aliphatic rings. The van der Waals surface area contributed by atoms with E-state index in [1.165, 1.54) is 42.8 Å². The summed E-state index contributed by atoms with van der Waals surface area (Å²) >= 11 is 0. The van der Waals surface area contributed by atoms with Gasteiger partial charge in [0.25, 0.3) is 11.8 Å². The molecule has 0 aliphatic heterocycles. The first-order chi connectivity index (χ1) is 27.5. The van der Waals surface area contributed by atoms with Gasteiger partial charge in [-0.05, 0) is 129 Å². The van der Waals surface area contributed by atoms with Crippen molar-refractivity contribution in [2.24, 2.45) is 11.8 Å². The van der Waals surface area contributed by atoms with Gasteiger partial charge < -0.3 is 24.8 Å². The summed E-state index contributed by atoms with van der Waals surface area (Å²) < 4.78 is 44.9. The SMILES string of the molecule is CCN([C@H]1CC[C@H](C(=O)OC)CC1)S(=O)(=O)c1cccc(C(=O)Nc2ccc(OCC3CC3)cc2C(=O)Nc2ccc(CCc3ccc(C(=O)OC)cc3)cc2)c1. The number of nitrogens with zero attached hydrogens (tertiary/aromatic N) is 1. The van der Waals surface area contributed by atoms with Gasteiger partial charge in [-0.1, -0.05) is 37.3 Å². The van der Waals surface area contributed by atoms with E-state index in [-0.39, 0.29) is 52.2 Å². The molecule has 0 bridgehead atoms. The fourth-order valence-corrected chi connectivity index (χ4v) is 8.83. The predicted octanol–water partition coefficient (Wildman–Crippen LogP) is 7.29. The Balaban J connectivity index is 1.14. The molecule has 13 heteroatoms. The van der Waals surface area contributed by atoms with Crippen LogP contribution in [-0.4, -0.2) is 69.9 Å². The number of rotatable bonds is 16. The number of carbonyl (C=O) groups excluding carboxylic acids is 4. The summed E-state index contributed by atoms with van der Waals surface area (Å²) in [5.41, 5.74) is 3.71. The number of amides is 2. The van der Waals surface area contributed by atoms with Crippen molar-refractivity contribution in [2.45, 2.75) is 69.2 Å². The Kier molecular flexibility index (Phi) is 13.4. The van der Waals surface area contributed by atoms with Gasteiger partial charge in [0.2, 0.25) is 10.0 Å². The summed E-state index contributed by atoms with van der Waals surface area (Å²) in [5, 5.41) is 5.76. The molecule has 12 nitrogen and oxygen atoms in total. The number of anilines is 2. The lowest BCUT2D eigenvalue weighted by Crippen LogP contribution is -2.43. The molecule has 0 aromatic heterocycles. The molecular weight excluding hydrogens is 747 g/mol. The number of carbonyl (C=O) groups is 4. The lowest BCUT2D eigenvalue weighted by Gasteiger charge is -2.34. The highest BCUT2D eigenvalue weighted by Gasteiger charge is 2.35. The normalized spacial score (nSPS) is 16.7. The Labute approximate surface area is 333 Å². The summed E-state index contributed by atoms with van der Waals surface area (Å²) in [4.78, 5) is 51.3. The summed E-state index contributed by atoms with van der Waals surface area (Å²) in [6.45, 7) is 2.54. The molecule has 0 saturated heterocycles. The minimum atomic E-state index is -3.98. The van der Waals surface area contributed by atoms with E-state index in [1.807, 2.05) is 36.4 Å². The maximum Gasteiger partial charge on any atom is 0.337 e. The van der Waals surface area contributed by atoms with Crippen molar-refractivity contribution < 1.29 is 41.8 Å². The highest BCUT2D eigenvalue weighted by molar-refractivity contribution is 7.89. The number of ether oxygens (including phenoxy) is 3. The molecule has 0 radical (unpaired) electrons. The highest BCUT2D eigenvalue weighted by Crippen LogP contribution is 2.33. The second-order valence-corrected chi connectivity index (χ2v) is 16.4. The Morgan fingerprint density at radius 3 is 2.00 bits per heavy atom. The second kappa shape index (κ2) is 18.6. The van der Waals surface area contributed by atoms with Crippen LogP contribution >= 0.6 is 0 Å². The van der Waals surface area contributed by atoms with E-state index in [9.17, 15) is 27.6 Å². The maximum absolute atomic E-state index is 13.9. The zero-order valence-electron chi connectivity index (χ0n) is 32.5. The smallest absolute Gasteiger partial charge is 0.337 e. The number of hydrogen-bond acceptors (Lipinski definition) is 9. The van der Waals surface area contributed by atoms with E-state index in [0.29, 0.717) is 55.2 Å². The quantitative estimate of drug-likeness (QED) is 0.111. The zero-order valence-corrected chi connectivity index (χ0v) is 33.3. The monoisotopic (exact) mass is 795 g/mol. The Morgan fingerprint density at radius 2 is 1.39 bits per heavy atom. The van der Waals surface area contributed by atoms with Crippen molar-refractivity contribution in [1.82, 2.24) is 4.31 Å². The maximum atomic E-state index is 13.9. The van der Waals surface area contributed by atoms with Crippen molar-refractivity contribution in [1.29, 1.82) is 0 Å². The lowest BCUT2D eigenvalue weighted by atomic mass is 9.86. The minimum absolute atomic E-state index is 0.0196. The number of methoxy groups -OCH3 is 2. The van der Waals surface area contributed by atoms with Crippen LogP contribution in [0.2, 0.25) is 0 Å². The zero-order chi connectivity index (χ0) is 40.5. The van der Waals surface area contributed by atoms with Gasteiger partial charge in [-0.2, -0.15) is 4.31 Å². The van der Waals surface area contributed by atoms with Crippen LogP contribution in [-0.2, 0) is 37.1 Å². The van der Waals surface area contributed by atoms with Gasteiger partial charge >= 0.3 is 11.9 Å². The van der Waals surface area contributed by atoms with Crippen LogP contribution < -0.4 is 15.4 Å². The largest absolute Gasteiger partial charge is 0.493 e. The van der Waals surface area contributed by atoms with Crippen molar-refractivity contribution in [3.8, 4) is 5.75 Å². The lowest BCUT2D eigenvalue weighted by molar-refractivity contribution is -0.146. The van der Waals surface area contributed by atoms with Crippen molar-refractivity contribution >= 4 is 45.2 Å². The molecule has 2 fully saturated rings. The highest BCUT2D eigenvalue weighted by atomic mass is 32.2. The first kappa shape index (κ1) is 41.1. The summed E-state index contributed by atoms with van der Waals surface area (Å²) in [6.07, 6.45) is 5.83. The fraction of sp³-hybridized carbons (Fsp3) is 0.364. The summed E-state index contributed by atoms with van der Waals surface area (Å²) in [6, 6.07) is 25.3. The van der Waals surface area contributed by atoms with Crippen LogP contribution in [0.1, 0.15) is 87.6 Å². The van der Waals surface area contributed by atoms with Gasteiger partial charge in [-0.3, -0.25) is 14.4 Å². The molecule has 0 unspecified atom stereocenters. The molecular formula is C44H49N3O9S. The second-order valence-electron chi connectivity index (χ2n) is 14.5. The number of sulfonamides is 1. The van der Waals surface area contributed by atoms with Crippen LogP contribution in [0, 0.1) is 11.8 Å². The van der Waals surface area contributed by atoms with Crippen LogP contribution in [0.3, 0.4) is 0 Å². The summed E-state index contributed by atoms with van der Waals surface area (Å²) in [7, 11) is -1.27. The van der Waals surface area contributed by atoms with Gasteiger partial charge in [-0.25, -0.2) is 13.2 Å². The third-order valence-corrected chi connectivity index (χ3v) is 12.6. The van der Waals surface area contributed by atoms with Gasteiger partial charge in [0.1, 0.15) is 5.75 Å². The number of hydrogen-bond donors (Lipinski definition) is 2. The van der Waals surface area contributed by atoms with E-state index in [0.717, 1.165) is 36.8 Å². The van der Waals surface area contributed by atoms with E-state index >= 15 is 0 Å². The molecule has 2 saturated carbocycles. The molecule has 2 N–H and O–H groups in total. The van der Waals surface area contributed by atoms with Crippen molar-refractivity contribution in [3.63, 3.8) is 0 Å². The molecule has 2 amide bonds. The Hall–Kier alpha value is -5.53. The van der Waals surface area contributed by atoms with E-state index < -0.39 is 21.8 Å². The average Bonchev–Trinajstić information content (AvgIpc) is 4.08. The van der Waals surface area contributed by atoms with Crippen LogP contribution in [0.15, 0.2) is 95.9 Å². The number of esters is 2. The molecule has 57 heavy (non-hydrogen) atoms. The minimum Gasteiger partial charge on any atom is -0.493 e. The third-order valence-electron chi connectivity index (χ3n) is 10.6. The summed E-state index contributed by atoms with van der Waals surface area (Å²) in [5.74, 6) is -0.958. The van der Waals surface area contributed by atoms with E-state index in [2.05, 4.69) is 10.6 Å². The molecule has 4 aromatic carbocycles. The van der Waals surface area contributed by atoms with E-state index in [4.69, 9.17) is 14.2 Å².